The number of hydrogen-bond donors (Lipinski definition) is 1. The molecule has 1 saturated heterocycles. The molecule has 1 N–H and O–H groups in total. The Morgan fingerprint density at radius 3 is 3.06 bits per heavy atom. The van der Waals surface area contributed by atoms with Crippen LogP contribution in [0.5, 0.6) is 0 Å². The molecule has 2 aliphatic rings. The van der Waals surface area contributed by atoms with Gasteiger partial charge in [-0.1, -0.05) is 0 Å². The van der Waals surface area contributed by atoms with Gasteiger partial charge in [0.05, 0.1) is 12.1 Å². The summed E-state index contributed by atoms with van der Waals surface area (Å²) in [7, 11) is 0. The second-order valence-corrected chi connectivity index (χ2v) is 5.65. The Balaban J connectivity index is 1.57. The normalized spacial score (nSPS) is 27.1. The number of thiazole rings is 1. The zero-order chi connectivity index (χ0) is 10.8. The van der Waals surface area contributed by atoms with Gasteiger partial charge in [-0.05, 0) is 31.6 Å². The summed E-state index contributed by atoms with van der Waals surface area (Å²) in [6, 6.07) is 0.476. The summed E-state index contributed by atoms with van der Waals surface area (Å²) in [6.07, 6.45) is 7.47. The van der Waals surface area contributed by atoms with Gasteiger partial charge in [0.15, 0.2) is 0 Å². The van der Waals surface area contributed by atoms with Crippen LogP contribution >= 0.6 is 11.3 Å². The van der Waals surface area contributed by atoms with Crippen molar-refractivity contribution < 1.29 is 4.74 Å². The molecule has 4 heteroatoms. The van der Waals surface area contributed by atoms with Crippen LogP contribution in [0.25, 0.3) is 0 Å². The highest BCUT2D eigenvalue weighted by Crippen LogP contribution is 2.41. The third-order valence-electron chi connectivity index (χ3n) is 3.40. The second-order valence-electron chi connectivity index (χ2n) is 4.73. The molecule has 0 amide bonds. The molecular weight excluding hydrogens is 220 g/mol. The van der Waals surface area contributed by atoms with E-state index in [-0.39, 0.29) is 0 Å². The lowest BCUT2D eigenvalue weighted by atomic mass is 10.1. The van der Waals surface area contributed by atoms with E-state index >= 15 is 0 Å². The fourth-order valence-electron chi connectivity index (χ4n) is 2.34. The van der Waals surface area contributed by atoms with Crippen LogP contribution in [0.15, 0.2) is 11.6 Å². The van der Waals surface area contributed by atoms with Crippen molar-refractivity contribution in [2.75, 3.05) is 13.2 Å². The summed E-state index contributed by atoms with van der Waals surface area (Å²) in [5, 5.41) is 6.97. The summed E-state index contributed by atoms with van der Waals surface area (Å²) in [6.45, 7) is 1.93. The number of nitrogens with zero attached hydrogens (tertiary/aromatic N) is 1. The maximum absolute atomic E-state index is 5.64. The molecule has 2 fully saturated rings. The summed E-state index contributed by atoms with van der Waals surface area (Å²) < 4.78 is 5.64. The van der Waals surface area contributed by atoms with Gasteiger partial charge in [0.2, 0.25) is 0 Å². The molecule has 0 spiro atoms. The lowest BCUT2D eigenvalue weighted by Crippen LogP contribution is -2.31. The fourth-order valence-corrected chi connectivity index (χ4v) is 3.14. The van der Waals surface area contributed by atoms with Crippen LogP contribution in [-0.2, 0) is 4.74 Å². The monoisotopic (exact) mass is 238 g/mol. The van der Waals surface area contributed by atoms with Crippen molar-refractivity contribution in [3.8, 4) is 0 Å². The Labute approximate surface area is 100 Å². The summed E-state index contributed by atoms with van der Waals surface area (Å²) in [5.74, 6) is 0.813. The second kappa shape index (κ2) is 4.82. The third-order valence-corrected chi connectivity index (χ3v) is 4.26. The van der Waals surface area contributed by atoms with Gasteiger partial charge >= 0.3 is 0 Å². The van der Waals surface area contributed by atoms with Crippen LogP contribution in [0, 0.1) is 5.92 Å². The third kappa shape index (κ3) is 2.44. The van der Waals surface area contributed by atoms with Crippen LogP contribution in [0.3, 0.4) is 0 Å². The maximum atomic E-state index is 5.64. The van der Waals surface area contributed by atoms with Crippen molar-refractivity contribution >= 4 is 11.3 Å². The first-order valence-electron chi connectivity index (χ1n) is 6.18. The van der Waals surface area contributed by atoms with Gasteiger partial charge < -0.3 is 10.1 Å². The zero-order valence-electron chi connectivity index (χ0n) is 9.39. The Kier molecular flexibility index (Phi) is 3.22. The lowest BCUT2D eigenvalue weighted by Gasteiger charge is -2.18. The van der Waals surface area contributed by atoms with Gasteiger partial charge in [0, 0.05) is 24.7 Å². The van der Waals surface area contributed by atoms with Gasteiger partial charge in [-0.2, -0.15) is 0 Å². The molecule has 2 heterocycles. The SMILES string of the molecule is c1csc(C(NCC2CCCO2)C2CC2)n1. The highest BCUT2D eigenvalue weighted by atomic mass is 32.1. The molecule has 1 aliphatic carbocycles. The van der Waals surface area contributed by atoms with Crippen molar-refractivity contribution in [2.45, 2.75) is 37.8 Å². The quantitative estimate of drug-likeness (QED) is 0.855. The van der Waals surface area contributed by atoms with Crippen LogP contribution < -0.4 is 5.32 Å². The minimum Gasteiger partial charge on any atom is -0.377 e. The Morgan fingerprint density at radius 2 is 2.44 bits per heavy atom. The Bertz CT molecular complexity index is 318. The van der Waals surface area contributed by atoms with Gasteiger partial charge in [0.25, 0.3) is 0 Å². The first kappa shape index (κ1) is 10.7. The predicted octanol–water partition coefficient (Wildman–Crippen LogP) is 2.36. The highest BCUT2D eigenvalue weighted by Gasteiger charge is 2.34. The van der Waals surface area contributed by atoms with Crippen molar-refractivity contribution in [3.05, 3.63) is 16.6 Å². The molecule has 2 unspecified atom stereocenters. The van der Waals surface area contributed by atoms with E-state index in [1.165, 1.54) is 30.7 Å². The molecule has 88 valence electrons. The number of rotatable bonds is 5. The van der Waals surface area contributed by atoms with E-state index in [9.17, 15) is 0 Å². The van der Waals surface area contributed by atoms with E-state index in [4.69, 9.17) is 4.74 Å². The number of nitrogens with one attached hydrogen (secondary N) is 1. The van der Waals surface area contributed by atoms with Crippen molar-refractivity contribution in [3.63, 3.8) is 0 Å². The summed E-state index contributed by atoms with van der Waals surface area (Å²) in [4.78, 5) is 4.44. The van der Waals surface area contributed by atoms with E-state index in [1.807, 2.05) is 6.20 Å². The molecule has 3 rings (SSSR count). The minimum absolute atomic E-state index is 0.432. The van der Waals surface area contributed by atoms with Crippen molar-refractivity contribution in [2.24, 2.45) is 5.92 Å². The topological polar surface area (TPSA) is 34.1 Å². The van der Waals surface area contributed by atoms with Crippen LogP contribution in [0.1, 0.15) is 36.7 Å². The molecule has 1 aromatic heterocycles. The van der Waals surface area contributed by atoms with Crippen molar-refractivity contribution in [1.82, 2.24) is 10.3 Å². The van der Waals surface area contributed by atoms with Crippen LogP contribution in [0.4, 0.5) is 0 Å². The van der Waals surface area contributed by atoms with Gasteiger partial charge in [-0.25, -0.2) is 4.98 Å². The average molecular weight is 238 g/mol. The van der Waals surface area contributed by atoms with E-state index in [1.54, 1.807) is 11.3 Å². The van der Waals surface area contributed by atoms with Gasteiger partial charge in [-0.15, -0.1) is 11.3 Å². The summed E-state index contributed by atoms with van der Waals surface area (Å²) >= 11 is 1.77. The standard InChI is InChI=1S/C12H18N2OS/c1-2-10(15-6-1)8-14-11(9-3-4-9)12-13-5-7-16-12/h5,7,9-11,14H,1-4,6,8H2. The Morgan fingerprint density at radius 1 is 1.50 bits per heavy atom. The molecule has 1 aromatic rings. The Hall–Kier alpha value is -0.450. The zero-order valence-corrected chi connectivity index (χ0v) is 10.2. The lowest BCUT2D eigenvalue weighted by molar-refractivity contribution is 0.106. The van der Waals surface area contributed by atoms with E-state index in [0.29, 0.717) is 12.1 Å². The fraction of sp³-hybridized carbons (Fsp3) is 0.750. The summed E-state index contributed by atoms with van der Waals surface area (Å²) in [5.41, 5.74) is 0. The molecule has 0 aromatic carbocycles. The van der Waals surface area contributed by atoms with Crippen molar-refractivity contribution in [1.29, 1.82) is 0 Å². The number of hydrogen-bond acceptors (Lipinski definition) is 4. The molecule has 1 aliphatic heterocycles. The predicted molar refractivity (Wildman–Crippen MR) is 64.6 cm³/mol. The smallest absolute Gasteiger partial charge is 0.110 e. The average Bonchev–Trinajstić information content (AvgIpc) is 2.83. The number of aromatic nitrogens is 1. The molecular formula is C12H18N2OS. The first-order chi connectivity index (χ1) is 7.93. The largest absolute Gasteiger partial charge is 0.377 e. The molecule has 0 radical (unpaired) electrons. The minimum atomic E-state index is 0.432. The molecule has 3 nitrogen and oxygen atoms in total. The van der Waals surface area contributed by atoms with Crippen LogP contribution in [0.2, 0.25) is 0 Å². The highest BCUT2D eigenvalue weighted by molar-refractivity contribution is 7.09. The van der Waals surface area contributed by atoms with E-state index in [0.717, 1.165) is 19.1 Å². The van der Waals surface area contributed by atoms with E-state index in [2.05, 4.69) is 15.7 Å². The van der Waals surface area contributed by atoms with Gasteiger partial charge in [-0.3, -0.25) is 0 Å². The van der Waals surface area contributed by atoms with E-state index < -0.39 is 0 Å². The van der Waals surface area contributed by atoms with Crippen LogP contribution in [-0.4, -0.2) is 24.2 Å². The molecule has 1 saturated carbocycles. The maximum Gasteiger partial charge on any atom is 0.110 e. The first-order valence-corrected chi connectivity index (χ1v) is 7.06. The molecule has 2 atom stereocenters. The van der Waals surface area contributed by atoms with Gasteiger partial charge in [0.1, 0.15) is 5.01 Å². The number of ether oxygens (including phenoxy) is 1. The molecule has 0 bridgehead atoms. The molecule has 16 heavy (non-hydrogen) atoms.